The summed E-state index contributed by atoms with van der Waals surface area (Å²) in [6.45, 7) is 6.51. The van der Waals surface area contributed by atoms with Gasteiger partial charge in [-0.25, -0.2) is 0 Å². The second-order valence-electron chi connectivity index (χ2n) is 7.44. The van der Waals surface area contributed by atoms with Crippen LogP contribution in [0.5, 0.6) is 5.75 Å². The summed E-state index contributed by atoms with van der Waals surface area (Å²) in [6, 6.07) is 16.1. The molecular formula is C24H24N2O2. The number of pyridine rings is 1. The minimum atomic E-state index is -0.0507. The van der Waals surface area contributed by atoms with Crippen LogP contribution in [0.2, 0.25) is 0 Å². The molecule has 1 atom stereocenters. The molecule has 1 aromatic heterocycles. The average molecular weight is 372 g/mol. The normalized spacial score (nSPS) is 15.0. The molecule has 0 fully saturated rings. The molecule has 0 spiro atoms. The number of benzene rings is 2. The molecule has 28 heavy (non-hydrogen) atoms. The van der Waals surface area contributed by atoms with Crippen LogP contribution in [-0.4, -0.2) is 23.5 Å². The highest BCUT2D eigenvalue weighted by molar-refractivity contribution is 5.95. The van der Waals surface area contributed by atoms with E-state index in [4.69, 9.17) is 4.74 Å². The lowest BCUT2D eigenvalue weighted by molar-refractivity contribution is 0.0933. The van der Waals surface area contributed by atoms with Crippen molar-refractivity contribution in [2.24, 2.45) is 0 Å². The van der Waals surface area contributed by atoms with Crippen molar-refractivity contribution in [1.82, 2.24) is 10.3 Å². The Morgan fingerprint density at radius 2 is 2.00 bits per heavy atom. The van der Waals surface area contributed by atoms with Gasteiger partial charge in [0.15, 0.2) is 0 Å². The summed E-state index contributed by atoms with van der Waals surface area (Å²) in [7, 11) is 0. The number of carbonyl (C=O) groups excluding carboxylic acids is 1. The number of ether oxygens (including phenoxy) is 1. The number of nitrogens with one attached hydrogen (secondary N) is 1. The lowest BCUT2D eigenvalue weighted by Gasteiger charge is -2.13. The number of fused-ring (bicyclic) bond motifs is 1. The lowest BCUT2D eigenvalue weighted by Crippen LogP contribution is -2.34. The van der Waals surface area contributed by atoms with E-state index in [1.165, 1.54) is 0 Å². The molecular weight excluding hydrogens is 348 g/mol. The number of carbonyl (C=O) groups is 1. The summed E-state index contributed by atoms with van der Waals surface area (Å²) in [5.41, 5.74) is 7.21. The number of aromatic nitrogens is 1. The summed E-state index contributed by atoms with van der Waals surface area (Å²) < 4.78 is 6.02. The maximum Gasteiger partial charge on any atom is 0.251 e. The van der Waals surface area contributed by atoms with Crippen LogP contribution in [0.15, 0.2) is 54.7 Å². The van der Waals surface area contributed by atoms with Gasteiger partial charge in [0.2, 0.25) is 0 Å². The molecule has 0 aliphatic carbocycles. The van der Waals surface area contributed by atoms with Crippen LogP contribution in [0.1, 0.15) is 32.6 Å². The van der Waals surface area contributed by atoms with Gasteiger partial charge >= 0.3 is 0 Å². The van der Waals surface area contributed by atoms with Crippen LogP contribution < -0.4 is 10.1 Å². The third-order valence-corrected chi connectivity index (χ3v) is 5.35. The Balaban J connectivity index is 1.42. The molecule has 1 N–H and O–H groups in total. The van der Waals surface area contributed by atoms with Crippen LogP contribution in [0.4, 0.5) is 0 Å². The fourth-order valence-corrected chi connectivity index (χ4v) is 3.53. The molecule has 1 unspecified atom stereocenters. The van der Waals surface area contributed by atoms with Gasteiger partial charge in [-0.1, -0.05) is 18.2 Å². The van der Waals surface area contributed by atoms with Crippen molar-refractivity contribution < 1.29 is 9.53 Å². The highest BCUT2D eigenvalue weighted by atomic mass is 16.5. The zero-order chi connectivity index (χ0) is 19.7. The Labute approximate surface area is 165 Å². The first-order valence-electron chi connectivity index (χ1n) is 9.58. The first kappa shape index (κ1) is 18.2. The van der Waals surface area contributed by atoms with Crippen molar-refractivity contribution in [1.29, 1.82) is 0 Å². The molecule has 4 nitrogen and oxygen atoms in total. The van der Waals surface area contributed by atoms with Crippen molar-refractivity contribution in [3.05, 3.63) is 82.5 Å². The fourth-order valence-electron chi connectivity index (χ4n) is 3.53. The molecule has 1 aliphatic heterocycles. The number of aryl methyl sites for hydroxylation is 2. The van der Waals surface area contributed by atoms with Crippen LogP contribution in [0.3, 0.4) is 0 Å². The van der Waals surface area contributed by atoms with Crippen molar-refractivity contribution in [2.45, 2.75) is 33.3 Å². The van der Waals surface area contributed by atoms with Gasteiger partial charge in [0.25, 0.3) is 5.91 Å². The van der Waals surface area contributed by atoms with Gasteiger partial charge in [-0.2, -0.15) is 0 Å². The van der Waals surface area contributed by atoms with Crippen molar-refractivity contribution in [3.8, 4) is 17.0 Å². The van der Waals surface area contributed by atoms with E-state index in [1.807, 2.05) is 63.4 Å². The largest absolute Gasteiger partial charge is 0.488 e. The van der Waals surface area contributed by atoms with E-state index < -0.39 is 0 Å². The van der Waals surface area contributed by atoms with Gasteiger partial charge in [0, 0.05) is 23.7 Å². The summed E-state index contributed by atoms with van der Waals surface area (Å²) in [5.74, 6) is 0.840. The van der Waals surface area contributed by atoms with Gasteiger partial charge < -0.3 is 10.1 Å². The Morgan fingerprint density at radius 3 is 2.79 bits per heavy atom. The third kappa shape index (κ3) is 3.63. The quantitative estimate of drug-likeness (QED) is 0.738. The van der Waals surface area contributed by atoms with Crippen molar-refractivity contribution >= 4 is 5.91 Å². The second kappa shape index (κ2) is 7.47. The van der Waals surface area contributed by atoms with Gasteiger partial charge in [0.1, 0.15) is 11.9 Å². The SMILES string of the molecule is Cc1ccc(-c2ccc3c(c2)CC(CNC(=O)c2cccc(C)c2C)O3)nc1. The maximum atomic E-state index is 12.5. The summed E-state index contributed by atoms with van der Waals surface area (Å²) in [5, 5.41) is 3.02. The maximum absolute atomic E-state index is 12.5. The highest BCUT2D eigenvalue weighted by Crippen LogP contribution is 2.32. The first-order chi connectivity index (χ1) is 13.5. The molecule has 0 radical (unpaired) electrons. The smallest absolute Gasteiger partial charge is 0.251 e. The lowest BCUT2D eigenvalue weighted by atomic mass is 10.0. The molecule has 2 aromatic carbocycles. The van der Waals surface area contributed by atoms with Crippen LogP contribution in [-0.2, 0) is 6.42 Å². The second-order valence-corrected chi connectivity index (χ2v) is 7.44. The molecule has 2 heterocycles. The minimum Gasteiger partial charge on any atom is -0.488 e. The molecule has 0 saturated carbocycles. The summed E-state index contributed by atoms with van der Waals surface area (Å²) in [6.07, 6.45) is 2.61. The van der Waals surface area contributed by atoms with E-state index in [9.17, 15) is 4.79 Å². The van der Waals surface area contributed by atoms with Crippen LogP contribution >= 0.6 is 0 Å². The first-order valence-corrected chi connectivity index (χ1v) is 9.58. The van der Waals surface area contributed by atoms with Gasteiger partial charge in [-0.05, 0) is 73.4 Å². The number of hydrogen-bond acceptors (Lipinski definition) is 3. The molecule has 4 heteroatoms. The number of nitrogens with zero attached hydrogens (tertiary/aromatic N) is 1. The molecule has 1 amide bonds. The van der Waals surface area contributed by atoms with Crippen LogP contribution in [0, 0.1) is 20.8 Å². The molecule has 4 rings (SSSR count). The molecule has 142 valence electrons. The van der Waals surface area contributed by atoms with E-state index in [1.54, 1.807) is 0 Å². The van der Waals surface area contributed by atoms with E-state index in [0.29, 0.717) is 6.54 Å². The van der Waals surface area contributed by atoms with Gasteiger partial charge in [-0.3, -0.25) is 9.78 Å². The van der Waals surface area contributed by atoms with Gasteiger partial charge in [-0.15, -0.1) is 0 Å². The number of amides is 1. The predicted octanol–water partition coefficient (Wildman–Crippen LogP) is 4.41. The highest BCUT2D eigenvalue weighted by Gasteiger charge is 2.24. The summed E-state index contributed by atoms with van der Waals surface area (Å²) in [4.78, 5) is 17.0. The van der Waals surface area contributed by atoms with Crippen LogP contribution in [0.25, 0.3) is 11.3 Å². The average Bonchev–Trinajstić information content (AvgIpc) is 3.11. The van der Waals surface area contributed by atoms with Crippen molar-refractivity contribution in [2.75, 3.05) is 6.54 Å². The van der Waals surface area contributed by atoms with E-state index >= 15 is 0 Å². The van der Waals surface area contributed by atoms with Gasteiger partial charge in [0.05, 0.1) is 12.2 Å². The monoisotopic (exact) mass is 372 g/mol. The van der Waals surface area contributed by atoms with Crippen molar-refractivity contribution in [3.63, 3.8) is 0 Å². The molecule has 3 aromatic rings. The standard InChI is InChI=1S/C24H24N2O2/c1-15-7-9-22(25-13-15)18-8-10-23-19(11-18)12-20(28-23)14-26-24(27)21-6-4-5-16(2)17(21)3/h4-11,13,20H,12,14H2,1-3H3,(H,26,27). The topological polar surface area (TPSA) is 51.2 Å². The third-order valence-electron chi connectivity index (χ3n) is 5.35. The zero-order valence-corrected chi connectivity index (χ0v) is 16.5. The molecule has 0 saturated heterocycles. The fraction of sp³-hybridized carbons (Fsp3) is 0.250. The van der Waals surface area contributed by atoms with E-state index in [-0.39, 0.29) is 12.0 Å². The minimum absolute atomic E-state index is 0.0506. The number of rotatable bonds is 4. The summed E-state index contributed by atoms with van der Waals surface area (Å²) >= 11 is 0. The Morgan fingerprint density at radius 1 is 1.14 bits per heavy atom. The zero-order valence-electron chi connectivity index (χ0n) is 16.5. The molecule has 1 aliphatic rings. The predicted molar refractivity (Wildman–Crippen MR) is 111 cm³/mol. The Kier molecular flexibility index (Phi) is 4.86. The van der Waals surface area contributed by atoms with E-state index in [2.05, 4.69) is 22.4 Å². The number of hydrogen-bond donors (Lipinski definition) is 1. The molecule has 0 bridgehead atoms. The Bertz CT molecular complexity index is 1030. The Hall–Kier alpha value is -3.14. The van der Waals surface area contributed by atoms with E-state index in [0.717, 1.165) is 51.2 Å².